The zero-order valence-corrected chi connectivity index (χ0v) is 10.5. The summed E-state index contributed by atoms with van der Waals surface area (Å²) in [6.07, 6.45) is 0.347. The van der Waals surface area contributed by atoms with Gasteiger partial charge in [-0.1, -0.05) is 34.1 Å². The number of Topliss-reactive ketones (excluding diaryl/α,β-unsaturated/α-hetero) is 1. The zero-order valence-electron chi connectivity index (χ0n) is 8.94. The second-order valence-corrected chi connectivity index (χ2v) is 4.56. The van der Waals surface area contributed by atoms with E-state index in [9.17, 15) is 9.59 Å². The molecule has 0 aromatic heterocycles. The highest BCUT2D eigenvalue weighted by atomic mass is 79.9. The minimum atomic E-state index is -0.938. The maximum absolute atomic E-state index is 11.3. The summed E-state index contributed by atoms with van der Waals surface area (Å²) in [7, 11) is 0. The summed E-state index contributed by atoms with van der Waals surface area (Å²) in [6, 6.07) is 7.53. The number of aliphatic carboxylic acids is 1. The smallest absolute Gasteiger partial charge is 0.304 e. The summed E-state index contributed by atoms with van der Waals surface area (Å²) in [6.45, 7) is 1.43. The summed E-state index contributed by atoms with van der Waals surface area (Å²) >= 11 is 3.38. The summed E-state index contributed by atoms with van der Waals surface area (Å²) in [5.41, 5.74) is 0.962. The largest absolute Gasteiger partial charge is 0.481 e. The third kappa shape index (κ3) is 3.77. The molecule has 0 amide bonds. The summed E-state index contributed by atoms with van der Waals surface area (Å²) < 4.78 is 0.909. The van der Waals surface area contributed by atoms with E-state index in [0.29, 0.717) is 6.42 Å². The van der Waals surface area contributed by atoms with Crippen LogP contribution in [0, 0.1) is 5.92 Å². The lowest BCUT2D eigenvalue weighted by Gasteiger charge is -2.12. The molecule has 0 aliphatic carbocycles. The lowest BCUT2D eigenvalue weighted by molar-refractivity contribution is -0.140. The molecule has 1 unspecified atom stereocenters. The van der Waals surface area contributed by atoms with Gasteiger partial charge in [0.2, 0.25) is 0 Å². The average Bonchev–Trinajstić information content (AvgIpc) is 2.19. The van der Waals surface area contributed by atoms with Crippen molar-refractivity contribution in [2.24, 2.45) is 5.92 Å². The van der Waals surface area contributed by atoms with Crippen molar-refractivity contribution < 1.29 is 14.7 Å². The van der Waals surface area contributed by atoms with E-state index in [1.807, 2.05) is 24.3 Å². The van der Waals surface area contributed by atoms with Gasteiger partial charge in [0.15, 0.2) is 0 Å². The Bertz CT molecular complexity index is 401. The summed E-state index contributed by atoms with van der Waals surface area (Å²) in [5, 5.41) is 8.72. The molecule has 0 aliphatic rings. The molecule has 16 heavy (non-hydrogen) atoms. The lowest BCUT2D eigenvalue weighted by atomic mass is 9.93. The van der Waals surface area contributed by atoms with Gasteiger partial charge in [-0.15, -0.1) is 0 Å². The van der Waals surface area contributed by atoms with Crippen LogP contribution in [0.3, 0.4) is 0 Å². The van der Waals surface area contributed by atoms with E-state index in [1.165, 1.54) is 6.92 Å². The van der Waals surface area contributed by atoms with Gasteiger partial charge in [0.05, 0.1) is 6.42 Å². The molecule has 1 aromatic carbocycles. The third-order valence-electron chi connectivity index (χ3n) is 2.42. The number of carboxylic acids is 1. The quantitative estimate of drug-likeness (QED) is 0.904. The van der Waals surface area contributed by atoms with E-state index in [0.717, 1.165) is 10.0 Å². The predicted octanol–water partition coefficient (Wildman–Crippen LogP) is 2.67. The highest BCUT2D eigenvalue weighted by molar-refractivity contribution is 9.10. The van der Waals surface area contributed by atoms with Crippen molar-refractivity contribution in [3.8, 4) is 0 Å². The van der Waals surface area contributed by atoms with Crippen LogP contribution in [-0.4, -0.2) is 16.9 Å². The number of rotatable bonds is 5. The molecule has 1 N–H and O–H groups in total. The van der Waals surface area contributed by atoms with E-state index in [1.54, 1.807) is 0 Å². The Labute approximate surface area is 103 Å². The number of halogens is 1. The number of ketones is 1. The van der Waals surface area contributed by atoms with Crippen LogP contribution in [0.25, 0.3) is 0 Å². The van der Waals surface area contributed by atoms with Gasteiger partial charge in [-0.3, -0.25) is 9.59 Å². The monoisotopic (exact) mass is 284 g/mol. The average molecular weight is 285 g/mol. The Morgan fingerprint density at radius 1 is 1.38 bits per heavy atom. The molecular formula is C12H13BrO3. The van der Waals surface area contributed by atoms with Crippen molar-refractivity contribution in [1.82, 2.24) is 0 Å². The molecule has 0 bridgehead atoms. The Hall–Kier alpha value is -1.16. The van der Waals surface area contributed by atoms with Crippen LogP contribution in [0.5, 0.6) is 0 Å². The Kier molecular flexibility index (Phi) is 4.68. The number of carboxylic acid groups (broad SMARTS) is 1. The van der Waals surface area contributed by atoms with E-state index in [-0.39, 0.29) is 12.2 Å². The van der Waals surface area contributed by atoms with Gasteiger partial charge in [-0.2, -0.15) is 0 Å². The van der Waals surface area contributed by atoms with Gasteiger partial charge in [0, 0.05) is 10.4 Å². The number of hydrogen-bond acceptors (Lipinski definition) is 2. The fourth-order valence-corrected chi connectivity index (χ4v) is 1.95. The Morgan fingerprint density at radius 3 is 2.50 bits per heavy atom. The fourth-order valence-electron chi connectivity index (χ4n) is 1.50. The first-order valence-electron chi connectivity index (χ1n) is 4.96. The zero-order chi connectivity index (χ0) is 12.1. The van der Waals surface area contributed by atoms with Crippen LogP contribution in [0.2, 0.25) is 0 Å². The van der Waals surface area contributed by atoms with Crippen LogP contribution >= 0.6 is 15.9 Å². The molecule has 1 atom stereocenters. The van der Waals surface area contributed by atoms with E-state index < -0.39 is 11.9 Å². The topological polar surface area (TPSA) is 54.4 Å². The highest BCUT2D eigenvalue weighted by Crippen LogP contribution is 2.21. The maximum Gasteiger partial charge on any atom is 0.304 e. The first-order chi connectivity index (χ1) is 7.50. The van der Waals surface area contributed by atoms with Crippen LogP contribution in [0.4, 0.5) is 0 Å². The van der Waals surface area contributed by atoms with Crippen LogP contribution in [0.1, 0.15) is 18.9 Å². The van der Waals surface area contributed by atoms with Crippen molar-refractivity contribution in [3.05, 3.63) is 34.3 Å². The first kappa shape index (κ1) is 12.9. The summed E-state index contributed by atoms with van der Waals surface area (Å²) in [5.74, 6) is -1.47. The maximum atomic E-state index is 11.3. The van der Waals surface area contributed by atoms with Gasteiger partial charge in [0.1, 0.15) is 5.78 Å². The number of carbonyl (C=O) groups is 2. The fraction of sp³-hybridized carbons (Fsp3) is 0.333. The molecule has 0 spiro atoms. The van der Waals surface area contributed by atoms with Crippen LogP contribution in [-0.2, 0) is 16.0 Å². The Balaban J connectivity index is 2.80. The van der Waals surface area contributed by atoms with Gasteiger partial charge >= 0.3 is 5.97 Å². The lowest BCUT2D eigenvalue weighted by Crippen LogP contribution is -2.18. The minimum Gasteiger partial charge on any atom is -0.481 e. The van der Waals surface area contributed by atoms with Crippen molar-refractivity contribution in [1.29, 1.82) is 0 Å². The van der Waals surface area contributed by atoms with Crippen molar-refractivity contribution in [2.45, 2.75) is 19.8 Å². The van der Waals surface area contributed by atoms with E-state index in [4.69, 9.17) is 5.11 Å². The molecule has 0 fully saturated rings. The first-order valence-corrected chi connectivity index (χ1v) is 5.75. The van der Waals surface area contributed by atoms with Crippen LogP contribution in [0.15, 0.2) is 28.7 Å². The SMILES string of the molecule is CC(=O)C(CC(=O)O)Cc1ccccc1Br. The van der Waals surface area contributed by atoms with E-state index >= 15 is 0 Å². The number of hydrogen-bond donors (Lipinski definition) is 1. The highest BCUT2D eigenvalue weighted by Gasteiger charge is 2.19. The van der Waals surface area contributed by atoms with E-state index in [2.05, 4.69) is 15.9 Å². The Morgan fingerprint density at radius 2 is 2.00 bits per heavy atom. The molecule has 1 aromatic rings. The van der Waals surface area contributed by atoms with Gasteiger partial charge in [-0.25, -0.2) is 0 Å². The second kappa shape index (κ2) is 5.80. The molecule has 0 saturated heterocycles. The molecule has 0 radical (unpaired) electrons. The number of benzene rings is 1. The van der Waals surface area contributed by atoms with Crippen molar-refractivity contribution >= 4 is 27.7 Å². The number of carbonyl (C=O) groups excluding carboxylic acids is 1. The molecule has 86 valence electrons. The molecule has 0 aliphatic heterocycles. The van der Waals surface area contributed by atoms with Crippen molar-refractivity contribution in [3.63, 3.8) is 0 Å². The van der Waals surface area contributed by atoms with Crippen molar-refractivity contribution in [2.75, 3.05) is 0 Å². The van der Waals surface area contributed by atoms with Gasteiger partial charge in [0.25, 0.3) is 0 Å². The minimum absolute atomic E-state index is 0.0850. The molecule has 0 heterocycles. The summed E-state index contributed by atoms with van der Waals surface area (Å²) in [4.78, 5) is 21.9. The molecular weight excluding hydrogens is 272 g/mol. The van der Waals surface area contributed by atoms with Crippen LogP contribution < -0.4 is 0 Å². The molecule has 0 saturated carbocycles. The normalized spacial score (nSPS) is 12.1. The molecule has 3 nitrogen and oxygen atoms in total. The third-order valence-corrected chi connectivity index (χ3v) is 3.19. The standard InChI is InChI=1S/C12H13BrO3/c1-8(14)10(7-12(15)16)6-9-4-2-3-5-11(9)13/h2-5,10H,6-7H2,1H3,(H,15,16). The predicted molar refractivity (Wildman–Crippen MR) is 64.3 cm³/mol. The molecule has 4 heteroatoms. The second-order valence-electron chi connectivity index (χ2n) is 3.70. The van der Waals surface area contributed by atoms with Gasteiger partial charge in [-0.05, 0) is 25.0 Å². The molecule has 1 rings (SSSR count). The van der Waals surface area contributed by atoms with Gasteiger partial charge < -0.3 is 5.11 Å².